The number of carboxylic acid groups (broad SMARTS) is 1. The number of carboxylic acids is 1. The van der Waals surface area contributed by atoms with Crippen molar-refractivity contribution in [1.82, 2.24) is 0 Å². The predicted molar refractivity (Wildman–Crippen MR) is 70.1 cm³/mol. The lowest BCUT2D eigenvalue weighted by molar-refractivity contribution is 0.0696. The number of carbonyl (C=O) groups is 1. The fraction of sp³-hybridized carbons (Fsp3) is 0.133. The van der Waals surface area contributed by atoms with Gasteiger partial charge in [-0.3, -0.25) is 0 Å². The molecule has 0 aliphatic carbocycles. The maximum Gasteiger partial charge on any atom is 0.335 e. The third-order valence-corrected chi connectivity index (χ3v) is 2.94. The molecule has 0 bridgehead atoms. The van der Waals surface area contributed by atoms with E-state index in [-0.39, 0.29) is 11.4 Å². The second-order valence-corrected chi connectivity index (χ2v) is 4.18. The van der Waals surface area contributed by atoms with E-state index in [1.165, 1.54) is 25.3 Å². The second-order valence-electron chi connectivity index (χ2n) is 4.18. The molecule has 0 aromatic heterocycles. The fourth-order valence-electron chi connectivity index (χ4n) is 1.92. The average molecular weight is 260 g/mol. The third-order valence-electron chi connectivity index (χ3n) is 2.94. The zero-order chi connectivity index (χ0) is 14.0. The molecular weight excluding hydrogens is 247 g/mol. The summed E-state index contributed by atoms with van der Waals surface area (Å²) >= 11 is 0. The summed E-state index contributed by atoms with van der Waals surface area (Å²) in [6, 6.07) is 9.18. The van der Waals surface area contributed by atoms with Gasteiger partial charge in [0, 0.05) is 5.56 Å². The largest absolute Gasteiger partial charge is 0.497 e. The number of ether oxygens (including phenoxy) is 1. The maximum atomic E-state index is 13.8. The van der Waals surface area contributed by atoms with Gasteiger partial charge in [0.25, 0.3) is 0 Å². The second kappa shape index (κ2) is 5.10. The Labute approximate surface area is 110 Å². The number of aryl methyl sites for hydroxylation is 1. The topological polar surface area (TPSA) is 46.5 Å². The average Bonchev–Trinajstić information content (AvgIpc) is 2.38. The van der Waals surface area contributed by atoms with Crippen LogP contribution in [0.3, 0.4) is 0 Å². The van der Waals surface area contributed by atoms with Crippen molar-refractivity contribution < 1.29 is 19.0 Å². The molecule has 0 saturated carbocycles. The van der Waals surface area contributed by atoms with Crippen LogP contribution in [0.25, 0.3) is 11.1 Å². The van der Waals surface area contributed by atoms with E-state index in [2.05, 4.69) is 0 Å². The Bertz CT molecular complexity index is 635. The van der Waals surface area contributed by atoms with Crippen LogP contribution in [0.2, 0.25) is 0 Å². The molecule has 0 fully saturated rings. The minimum atomic E-state index is -0.991. The molecule has 1 N–H and O–H groups in total. The molecule has 0 unspecified atom stereocenters. The molecule has 0 saturated heterocycles. The Hall–Kier alpha value is -2.36. The summed E-state index contributed by atoms with van der Waals surface area (Å²) in [6.45, 7) is 1.69. The predicted octanol–water partition coefficient (Wildman–Crippen LogP) is 3.51. The fourth-order valence-corrected chi connectivity index (χ4v) is 1.92. The van der Waals surface area contributed by atoms with Crippen molar-refractivity contribution in [2.24, 2.45) is 0 Å². The highest BCUT2D eigenvalue weighted by atomic mass is 19.1. The van der Waals surface area contributed by atoms with E-state index >= 15 is 0 Å². The van der Waals surface area contributed by atoms with Crippen LogP contribution in [0.5, 0.6) is 5.75 Å². The summed E-state index contributed by atoms with van der Waals surface area (Å²) in [7, 11) is 1.51. The number of hydrogen-bond acceptors (Lipinski definition) is 2. The monoisotopic (exact) mass is 260 g/mol. The molecule has 2 aromatic carbocycles. The Morgan fingerprint density at radius 1 is 1.21 bits per heavy atom. The summed E-state index contributed by atoms with van der Waals surface area (Å²) in [5.41, 5.74) is 1.82. The highest BCUT2D eigenvalue weighted by molar-refractivity contribution is 5.90. The number of rotatable bonds is 3. The van der Waals surface area contributed by atoms with Crippen LogP contribution < -0.4 is 4.74 Å². The van der Waals surface area contributed by atoms with Crippen LogP contribution in [0.1, 0.15) is 15.9 Å². The molecule has 2 rings (SSSR count). The van der Waals surface area contributed by atoms with Gasteiger partial charge >= 0.3 is 5.97 Å². The molecule has 0 spiro atoms. The number of methoxy groups -OCH3 is 1. The van der Waals surface area contributed by atoms with Crippen molar-refractivity contribution in [2.45, 2.75) is 6.92 Å². The third kappa shape index (κ3) is 2.57. The lowest BCUT2D eigenvalue weighted by Gasteiger charge is -2.08. The first-order valence-electron chi connectivity index (χ1n) is 5.71. The normalized spacial score (nSPS) is 10.3. The van der Waals surface area contributed by atoms with Crippen LogP contribution in [-0.4, -0.2) is 18.2 Å². The van der Waals surface area contributed by atoms with Gasteiger partial charge in [-0.15, -0.1) is 0 Å². The summed E-state index contributed by atoms with van der Waals surface area (Å²) < 4.78 is 18.9. The van der Waals surface area contributed by atoms with Gasteiger partial charge < -0.3 is 9.84 Å². The van der Waals surface area contributed by atoms with E-state index in [1.807, 2.05) is 0 Å². The Balaban J connectivity index is 2.53. The van der Waals surface area contributed by atoms with Crippen molar-refractivity contribution in [2.75, 3.05) is 7.11 Å². The van der Waals surface area contributed by atoms with Gasteiger partial charge in [-0.2, -0.15) is 0 Å². The van der Waals surface area contributed by atoms with Gasteiger partial charge in [-0.25, -0.2) is 9.18 Å². The summed E-state index contributed by atoms with van der Waals surface area (Å²) in [4.78, 5) is 10.9. The van der Waals surface area contributed by atoms with Gasteiger partial charge in [0.05, 0.1) is 12.7 Å². The molecule has 19 heavy (non-hydrogen) atoms. The highest BCUT2D eigenvalue weighted by Gasteiger charge is 2.11. The van der Waals surface area contributed by atoms with Gasteiger partial charge in [-0.1, -0.05) is 12.1 Å². The molecule has 98 valence electrons. The zero-order valence-electron chi connectivity index (χ0n) is 10.6. The van der Waals surface area contributed by atoms with E-state index in [9.17, 15) is 9.18 Å². The molecule has 3 nitrogen and oxygen atoms in total. The molecule has 0 heterocycles. The quantitative estimate of drug-likeness (QED) is 0.918. The molecular formula is C15H13FO3. The minimum Gasteiger partial charge on any atom is -0.497 e. The van der Waals surface area contributed by atoms with E-state index in [1.54, 1.807) is 25.1 Å². The molecule has 0 aliphatic heterocycles. The Morgan fingerprint density at radius 2 is 1.95 bits per heavy atom. The van der Waals surface area contributed by atoms with Crippen molar-refractivity contribution in [3.63, 3.8) is 0 Å². The first kappa shape index (κ1) is 13.1. The molecule has 0 aliphatic rings. The molecule has 4 heteroatoms. The first-order valence-corrected chi connectivity index (χ1v) is 5.71. The highest BCUT2D eigenvalue weighted by Crippen LogP contribution is 2.28. The standard InChI is InChI=1S/C15H13FO3/c1-9-7-10(3-5-12(9)15(17)18)13-8-11(19-2)4-6-14(13)16/h3-8H,1-2H3,(H,17,18). The van der Waals surface area contributed by atoms with Gasteiger partial charge in [0.2, 0.25) is 0 Å². The van der Waals surface area contributed by atoms with Crippen LogP contribution in [0.4, 0.5) is 4.39 Å². The van der Waals surface area contributed by atoms with E-state index in [4.69, 9.17) is 9.84 Å². The number of halogens is 1. The smallest absolute Gasteiger partial charge is 0.335 e. The number of aromatic carboxylic acids is 1. The van der Waals surface area contributed by atoms with E-state index < -0.39 is 5.97 Å². The first-order chi connectivity index (χ1) is 9.02. The van der Waals surface area contributed by atoms with Crippen LogP contribution >= 0.6 is 0 Å². The molecule has 0 atom stereocenters. The van der Waals surface area contributed by atoms with E-state index in [0.29, 0.717) is 22.4 Å². The minimum absolute atomic E-state index is 0.215. The van der Waals surface area contributed by atoms with E-state index in [0.717, 1.165) is 0 Å². The maximum absolute atomic E-state index is 13.8. The van der Waals surface area contributed by atoms with Crippen molar-refractivity contribution in [3.05, 3.63) is 53.3 Å². The van der Waals surface area contributed by atoms with Crippen LogP contribution in [0, 0.1) is 12.7 Å². The van der Waals surface area contributed by atoms with Crippen LogP contribution in [-0.2, 0) is 0 Å². The van der Waals surface area contributed by atoms with Gasteiger partial charge in [-0.05, 0) is 42.3 Å². The lowest BCUT2D eigenvalue weighted by Crippen LogP contribution is -1.99. The van der Waals surface area contributed by atoms with Crippen LogP contribution in [0.15, 0.2) is 36.4 Å². The van der Waals surface area contributed by atoms with Crippen molar-refractivity contribution in [1.29, 1.82) is 0 Å². The van der Waals surface area contributed by atoms with Gasteiger partial charge in [0.1, 0.15) is 11.6 Å². The molecule has 0 amide bonds. The SMILES string of the molecule is COc1ccc(F)c(-c2ccc(C(=O)O)c(C)c2)c1. The van der Waals surface area contributed by atoms with Crippen molar-refractivity contribution >= 4 is 5.97 Å². The lowest BCUT2D eigenvalue weighted by atomic mass is 9.99. The number of hydrogen-bond donors (Lipinski definition) is 1. The Kier molecular flexibility index (Phi) is 3.51. The van der Waals surface area contributed by atoms with Crippen molar-refractivity contribution in [3.8, 4) is 16.9 Å². The number of benzene rings is 2. The Morgan fingerprint density at radius 3 is 2.53 bits per heavy atom. The zero-order valence-corrected chi connectivity index (χ0v) is 10.6. The summed E-state index contributed by atoms with van der Waals surface area (Å²) in [6.07, 6.45) is 0. The summed E-state index contributed by atoms with van der Waals surface area (Å²) in [5, 5.41) is 8.97. The molecule has 0 radical (unpaired) electrons. The van der Waals surface area contributed by atoms with Gasteiger partial charge in [0.15, 0.2) is 0 Å². The molecule has 2 aromatic rings. The summed E-state index contributed by atoms with van der Waals surface area (Å²) in [5.74, 6) is -0.810.